The van der Waals surface area contributed by atoms with Crippen LogP contribution in [0.15, 0.2) is 98.1 Å². The maximum absolute atomic E-state index is 13.9. The molecule has 11 nitrogen and oxygen atoms in total. The summed E-state index contributed by atoms with van der Waals surface area (Å²) in [5, 5.41) is 20.0. The van der Waals surface area contributed by atoms with Gasteiger partial charge < -0.3 is 29.2 Å². The van der Waals surface area contributed by atoms with Crippen LogP contribution in [0.2, 0.25) is 0 Å². The Labute approximate surface area is 325 Å². The van der Waals surface area contributed by atoms with E-state index in [0.717, 1.165) is 63.5 Å². The Morgan fingerprint density at radius 2 is 0.875 bits per heavy atom. The van der Waals surface area contributed by atoms with Gasteiger partial charge in [-0.05, 0) is 133 Å². The number of ketones is 1. The van der Waals surface area contributed by atoms with Gasteiger partial charge in [0, 0.05) is 23.3 Å². The highest BCUT2D eigenvalue weighted by atomic mass is 16.5. The molecule has 5 rings (SSSR count). The molecule has 4 aromatic carbocycles. The number of esters is 2. The number of carboxylic acid groups (broad SMARTS) is 2. The largest absolute Gasteiger partial charge is 0.494 e. The Balaban J connectivity index is 1.27. The van der Waals surface area contributed by atoms with Crippen LogP contribution in [0.3, 0.4) is 0 Å². The van der Waals surface area contributed by atoms with Crippen LogP contribution >= 0.6 is 0 Å². The van der Waals surface area contributed by atoms with E-state index >= 15 is 0 Å². The third-order valence-electron chi connectivity index (χ3n) is 9.32. The molecule has 0 atom stereocenters. The molecule has 11 heteroatoms. The molecule has 0 saturated carbocycles. The first-order chi connectivity index (χ1) is 27.1. The van der Waals surface area contributed by atoms with Crippen molar-refractivity contribution in [1.82, 2.24) is 0 Å². The lowest BCUT2D eigenvalue weighted by molar-refractivity contribution is -0.138. The summed E-state index contributed by atoms with van der Waals surface area (Å²) >= 11 is 0. The molecular weight excluding hydrogens is 716 g/mol. The lowest BCUT2D eigenvalue weighted by atomic mass is 9.95. The van der Waals surface area contributed by atoms with Gasteiger partial charge in [0.2, 0.25) is 0 Å². The van der Waals surface area contributed by atoms with Crippen LogP contribution < -0.4 is 9.47 Å². The Morgan fingerprint density at radius 1 is 0.482 bits per heavy atom. The minimum atomic E-state index is -1.12. The van der Waals surface area contributed by atoms with Gasteiger partial charge in [0.05, 0.1) is 37.6 Å². The Bertz CT molecular complexity index is 1980. The van der Waals surface area contributed by atoms with Gasteiger partial charge in [-0.3, -0.25) is 4.79 Å². The van der Waals surface area contributed by atoms with E-state index in [4.69, 9.17) is 18.9 Å². The average molecular weight is 761 g/mol. The van der Waals surface area contributed by atoms with Crippen molar-refractivity contribution in [2.75, 3.05) is 26.4 Å². The van der Waals surface area contributed by atoms with E-state index < -0.39 is 23.9 Å². The summed E-state index contributed by atoms with van der Waals surface area (Å²) in [7, 11) is 0. The molecule has 0 aromatic heterocycles. The number of aromatic carboxylic acids is 2. The summed E-state index contributed by atoms with van der Waals surface area (Å²) in [6.07, 6.45) is 8.66. The fraction of sp³-hybridized carbons (Fsp3) is 0.267. The standard InChI is InChI=1S/C45H44O11/c1-3-41(46)55-23-11-7-5-9-21-53-31-15-19-35(44(49)50)37(27-31)29-13-17-33-34-18-14-30(26-40(34)43(48)39(33)25-29)38-28-32(16-20-36(38)45(51)52)54-22-10-6-8-12-24-56-42(47)4-2/h3-4,13-20,25-28H,1-2,5-12,21-24H2,(H,49,50)(H,51,52). The summed E-state index contributed by atoms with van der Waals surface area (Å²) in [5.74, 6) is -2.39. The zero-order chi connectivity index (χ0) is 40.0. The van der Waals surface area contributed by atoms with Crippen LogP contribution in [0.1, 0.15) is 88.0 Å². The van der Waals surface area contributed by atoms with Crippen molar-refractivity contribution < 1.29 is 53.1 Å². The van der Waals surface area contributed by atoms with E-state index in [9.17, 15) is 34.2 Å². The fourth-order valence-corrected chi connectivity index (χ4v) is 6.45. The predicted molar refractivity (Wildman–Crippen MR) is 210 cm³/mol. The van der Waals surface area contributed by atoms with Gasteiger partial charge in [-0.2, -0.15) is 0 Å². The molecule has 56 heavy (non-hydrogen) atoms. The monoisotopic (exact) mass is 760 g/mol. The van der Waals surface area contributed by atoms with Crippen LogP contribution in [0, 0.1) is 0 Å². The second kappa shape index (κ2) is 19.7. The van der Waals surface area contributed by atoms with Crippen LogP contribution in [0.4, 0.5) is 0 Å². The Kier molecular flexibility index (Phi) is 14.3. The summed E-state index contributed by atoms with van der Waals surface area (Å²) in [6.45, 7) is 8.23. The first kappa shape index (κ1) is 40.7. The molecule has 0 saturated heterocycles. The molecular formula is C45H44O11. The van der Waals surface area contributed by atoms with Gasteiger partial charge >= 0.3 is 23.9 Å². The predicted octanol–water partition coefficient (Wildman–Crippen LogP) is 8.97. The number of ether oxygens (including phenoxy) is 4. The molecule has 0 spiro atoms. The zero-order valence-corrected chi connectivity index (χ0v) is 31.1. The topological polar surface area (TPSA) is 163 Å². The fourth-order valence-electron chi connectivity index (χ4n) is 6.45. The van der Waals surface area contributed by atoms with Crippen LogP contribution in [-0.4, -0.2) is 66.3 Å². The minimum absolute atomic E-state index is 0.0615. The number of carbonyl (C=O) groups is 5. The molecule has 0 bridgehead atoms. The van der Waals surface area contributed by atoms with E-state index in [2.05, 4.69) is 13.2 Å². The van der Waals surface area contributed by atoms with Gasteiger partial charge in [-0.15, -0.1) is 0 Å². The number of unbranched alkanes of at least 4 members (excludes halogenated alkanes) is 6. The van der Waals surface area contributed by atoms with Crippen molar-refractivity contribution in [2.45, 2.75) is 51.4 Å². The van der Waals surface area contributed by atoms with Crippen molar-refractivity contribution in [3.63, 3.8) is 0 Å². The number of hydrogen-bond donors (Lipinski definition) is 2. The number of hydrogen-bond acceptors (Lipinski definition) is 9. The Hall–Kier alpha value is -6.49. The maximum atomic E-state index is 13.9. The number of fused-ring (bicyclic) bond motifs is 3. The quantitative estimate of drug-likeness (QED) is 0.0393. The van der Waals surface area contributed by atoms with Crippen molar-refractivity contribution in [3.05, 3.63) is 120 Å². The number of carbonyl (C=O) groups excluding carboxylic acids is 3. The molecule has 2 N–H and O–H groups in total. The van der Waals surface area contributed by atoms with Gasteiger partial charge in [-0.25, -0.2) is 19.2 Å². The SMILES string of the molecule is C=CC(=O)OCCCCCCOc1ccc(C(=O)O)c(-c2ccc3c(c2)C(=O)c2cc(-c4cc(OCCCCCCOC(=O)C=C)ccc4C(=O)O)ccc2-3)c1. The molecule has 0 unspecified atom stereocenters. The zero-order valence-electron chi connectivity index (χ0n) is 31.1. The first-order valence-corrected chi connectivity index (χ1v) is 18.5. The van der Waals surface area contributed by atoms with E-state index in [1.165, 1.54) is 12.1 Å². The molecule has 4 aromatic rings. The van der Waals surface area contributed by atoms with Crippen molar-refractivity contribution in [2.24, 2.45) is 0 Å². The maximum Gasteiger partial charge on any atom is 0.336 e. The Morgan fingerprint density at radius 3 is 1.25 bits per heavy atom. The summed E-state index contributed by atoms with van der Waals surface area (Å²) in [6, 6.07) is 20.0. The molecule has 0 heterocycles. The van der Waals surface area contributed by atoms with E-state index in [1.54, 1.807) is 60.7 Å². The first-order valence-electron chi connectivity index (χ1n) is 18.5. The van der Waals surface area contributed by atoms with Crippen molar-refractivity contribution >= 4 is 29.7 Å². The van der Waals surface area contributed by atoms with Gasteiger partial charge in [0.15, 0.2) is 5.78 Å². The number of carboxylic acids is 2. The van der Waals surface area contributed by atoms with Gasteiger partial charge in [0.1, 0.15) is 11.5 Å². The van der Waals surface area contributed by atoms with Crippen molar-refractivity contribution in [3.8, 4) is 44.9 Å². The highest BCUT2D eigenvalue weighted by Crippen LogP contribution is 2.42. The van der Waals surface area contributed by atoms with Crippen LogP contribution in [0.5, 0.6) is 11.5 Å². The lowest BCUT2D eigenvalue weighted by Gasteiger charge is -2.12. The highest BCUT2D eigenvalue weighted by molar-refractivity contribution is 6.22. The van der Waals surface area contributed by atoms with Crippen LogP contribution in [0.25, 0.3) is 33.4 Å². The number of rotatable bonds is 22. The third-order valence-corrected chi connectivity index (χ3v) is 9.32. The summed E-state index contributed by atoms with van der Waals surface area (Å²) < 4.78 is 21.9. The smallest absolute Gasteiger partial charge is 0.336 e. The number of benzene rings is 4. The van der Waals surface area contributed by atoms with E-state index in [0.29, 0.717) is 82.4 Å². The van der Waals surface area contributed by atoms with Gasteiger partial charge in [-0.1, -0.05) is 37.4 Å². The van der Waals surface area contributed by atoms with E-state index in [1.807, 2.05) is 0 Å². The lowest BCUT2D eigenvalue weighted by Crippen LogP contribution is -2.04. The highest BCUT2D eigenvalue weighted by Gasteiger charge is 2.29. The third kappa shape index (κ3) is 10.4. The average Bonchev–Trinajstić information content (AvgIpc) is 3.49. The minimum Gasteiger partial charge on any atom is -0.494 e. The summed E-state index contributed by atoms with van der Waals surface area (Å²) in [5.41, 5.74) is 4.21. The van der Waals surface area contributed by atoms with Crippen molar-refractivity contribution in [1.29, 1.82) is 0 Å². The molecule has 1 aliphatic carbocycles. The summed E-state index contributed by atoms with van der Waals surface area (Å²) in [4.78, 5) is 60.7. The molecule has 0 radical (unpaired) electrons. The molecule has 0 fully saturated rings. The van der Waals surface area contributed by atoms with Gasteiger partial charge in [0.25, 0.3) is 0 Å². The molecule has 0 amide bonds. The van der Waals surface area contributed by atoms with E-state index in [-0.39, 0.29) is 16.9 Å². The molecule has 290 valence electrons. The molecule has 1 aliphatic rings. The second-order valence-electron chi connectivity index (χ2n) is 13.1. The van der Waals surface area contributed by atoms with Crippen LogP contribution in [-0.2, 0) is 19.1 Å². The second-order valence-corrected chi connectivity index (χ2v) is 13.1. The molecule has 0 aliphatic heterocycles. The normalized spacial score (nSPS) is 11.2.